The molecular weight excluding hydrogens is 291 g/mol. The number of halogens is 2. The van der Waals surface area contributed by atoms with Crippen molar-refractivity contribution in [3.63, 3.8) is 0 Å². The molecule has 1 aromatic rings. The van der Waals surface area contributed by atoms with Crippen molar-refractivity contribution in [1.82, 2.24) is 4.90 Å². The van der Waals surface area contributed by atoms with Crippen molar-refractivity contribution in [2.75, 3.05) is 18.4 Å². The summed E-state index contributed by atoms with van der Waals surface area (Å²) in [4.78, 5) is 13.3. The molecule has 1 heterocycles. The summed E-state index contributed by atoms with van der Waals surface area (Å²) in [7, 11) is 0. The number of hydrogen-bond acceptors (Lipinski definition) is 2. The highest BCUT2D eigenvalue weighted by Gasteiger charge is 2.24. The number of aliphatic hydroxyl groups excluding tert-OH is 1. The lowest BCUT2D eigenvalue weighted by Crippen LogP contribution is -2.33. The van der Waals surface area contributed by atoms with Crippen LogP contribution in [0.15, 0.2) is 22.7 Å². The van der Waals surface area contributed by atoms with E-state index in [4.69, 9.17) is 0 Å². The summed E-state index contributed by atoms with van der Waals surface area (Å²) in [5, 5.41) is 12.0. The molecule has 1 aliphatic rings. The molecule has 6 heteroatoms. The third kappa shape index (κ3) is 2.95. The van der Waals surface area contributed by atoms with Gasteiger partial charge in [0, 0.05) is 18.8 Å². The van der Waals surface area contributed by atoms with Gasteiger partial charge in [0.2, 0.25) is 0 Å². The average Bonchev–Trinajstić information content (AvgIpc) is 2.70. The second kappa shape index (κ2) is 5.01. The van der Waals surface area contributed by atoms with Gasteiger partial charge >= 0.3 is 6.03 Å². The maximum absolute atomic E-state index is 13.0. The van der Waals surface area contributed by atoms with Gasteiger partial charge in [0.15, 0.2) is 0 Å². The van der Waals surface area contributed by atoms with Crippen molar-refractivity contribution in [1.29, 1.82) is 0 Å². The summed E-state index contributed by atoms with van der Waals surface area (Å²) in [5.74, 6) is -0.375. The molecule has 0 aromatic heterocycles. The minimum Gasteiger partial charge on any atom is -0.391 e. The lowest BCUT2D eigenvalue weighted by Gasteiger charge is -2.16. The highest BCUT2D eigenvalue weighted by atomic mass is 79.9. The smallest absolute Gasteiger partial charge is 0.321 e. The number of anilines is 1. The van der Waals surface area contributed by atoms with E-state index in [9.17, 15) is 14.3 Å². The molecule has 0 aliphatic carbocycles. The highest BCUT2D eigenvalue weighted by Crippen LogP contribution is 2.20. The van der Waals surface area contributed by atoms with Crippen LogP contribution >= 0.6 is 15.9 Å². The fourth-order valence-electron chi connectivity index (χ4n) is 1.70. The Hall–Kier alpha value is -1.14. The van der Waals surface area contributed by atoms with Gasteiger partial charge in [-0.3, -0.25) is 0 Å². The quantitative estimate of drug-likeness (QED) is 0.835. The summed E-state index contributed by atoms with van der Waals surface area (Å²) in [6.45, 7) is 0.879. The van der Waals surface area contributed by atoms with Crippen LogP contribution in [0, 0.1) is 5.82 Å². The number of aliphatic hydroxyl groups is 1. The number of urea groups is 1. The van der Waals surface area contributed by atoms with Gasteiger partial charge in [-0.05, 0) is 40.5 Å². The summed E-state index contributed by atoms with van der Waals surface area (Å²) < 4.78 is 13.3. The Morgan fingerprint density at radius 1 is 1.59 bits per heavy atom. The zero-order chi connectivity index (χ0) is 12.4. The number of carbonyl (C=O) groups is 1. The lowest BCUT2D eigenvalue weighted by molar-refractivity contribution is 0.176. The van der Waals surface area contributed by atoms with E-state index in [-0.39, 0.29) is 11.8 Å². The average molecular weight is 303 g/mol. The molecule has 92 valence electrons. The van der Waals surface area contributed by atoms with Gasteiger partial charge in [0.1, 0.15) is 5.82 Å². The van der Waals surface area contributed by atoms with E-state index in [0.29, 0.717) is 29.7 Å². The monoisotopic (exact) mass is 302 g/mol. The lowest BCUT2D eigenvalue weighted by atomic mass is 10.3. The number of β-amino-alcohol motifs (C(OH)–C–C–N with tert-alkyl or cyclic N) is 1. The van der Waals surface area contributed by atoms with E-state index in [1.807, 2.05) is 0 Å². The third-order valence-corrected chi connectivity index (χ3v) is 3.23. The topological polar surface area (TPSA) is 52.6 Å². The second-order valence-electron chi connectivity index (χ2n) is 3.95. The van der Waals surface area contributed by atoms with Gasteiger partial charge in [-0.2, -0.15) is 0 Å². The zero-order valence-electron chi connectivity index (χ0n) is 8.99. The van der Waals surface area contributed by atoms with E-state index in [2.05, 4.69) is 21.2 Å². The van der Waals surface area contributed by atoms with E-state index in [1.54, 1.807) is 0 Å². The first kappa shape index (κ1) is 12.3. The Labute approximate surface area is 107 Å². The molecule has 0 unspecified atom stereocenters. The van der Waals surface area contributed by atoms with Crippen molar-refractivity contribution in [3.8, 4) is 0 Å². The predicted octanol–water partition coefficient (Wildman–Crippen LogP) is 2.19. The molecule has 2 amide bonds. The van der Waals surface area contributed by atoms with Crippen LogP contribution in [0.1, 0.15) is 6.42 Å². The van der Waals surface area contributed by atoms with E-state index < -0.39 is 6.10 Å². The fraction of sp³-hybridized carbons (Fsp3) is 0.364. The Morgan fingerprint density at radius 3 is 2.94 bits per heavy atom. The maximum Gasteiger partial charge on any atom is 0.321 e. The summed E-state index contributed by atoms with van der Waals surface area (Å²) in [5.41, 5.74) is 0.518. The van der Waals surface area contributed by atoms with Crippen LogP contribution in [-0.2, 0) is 0 Å². The fourth-order valence-corrected chi connectivity index (χ4v) is 2.08. The first-order valence-corrected chi connectivity index (χ1v) is 6.04. The van der Waals surface area contributed by atoms with Crippen LogP contribution in [0.3, 0.4) is 0 Å². The van der Waals surface area contributed by atoms with Crippen LogP contribution in [0.5, 0.6) is 0 Å². The molecular formula is C11H12BrFN2O2. The third-order valence-electron chi connectivity index (χ3n) is 2.62. The van der Waals surface area contributed by atoms with Crippen LogP contribution in [0.2, 0.25) is 0 Å². The Kier molecular flexibility index (Phi) is 3.63. The largest absolute Gasteiger partial charge is 0.391 e. The standard InChI is InChI=1S/C11H12BrFN2O2/c12-9-5-7(1-2-10(9)13)14-11(17)15-4-3-8(16)6-15/h1-2,5,8,16H,3-4,6H2,(H,14,17)/t8-/m1/s1. The summed E-state index contributed by atoms with van der Waals surface area (Å²) in [6.07, 6.45) is 0.154. The first-order valence-electron chi connectivity index (χ1n) is 5.25. The summed E-state index contributed by atoms with van der Waals surface area (Å²) in [6, 6.07) is 3.99. The van der Waals surface area contributed by atoms with Crippen molar-refractivity contribution in [2.24, 2.45) is 0 Å². The van der Waals surface area contributed by atoms with Crippen molar-refractivity contribution in [2.45, 2.75) is 12.5 Å². The van der Waals surface area contributed by atoms with Gasteiger partial charge in [-0.1, -0.05) is 0 Å². The molecule has 1 aromatic carbocycles. The highest BCUT2D eigenvalue weighted by molar-refractivity contribution is 9.10. The number of benzene rings is 1. The van der Waals surface area contributed by atoms with Crippen molar-refractivity contribution >= 4 is 27.6 Å². The van der Waals surface area contributed by atoms with Gasteiger partial charge in [0.25, 0.3) is 0 Å². The van der Waals surface area contributed by atoms with Crippen LogP contribution in [0.4, 0.5) is 14.9 Å². The SMILES string of the molecule is O=C(Nc1ccc(F)c(Br)c1)N1CC[C@@H](O)C1. The van der Waals surface area contributed by atoms with E-state index in [1.165, 1.54) is 23.1 Å². The van der Waals surface area contributed by atoms with Crippen molar-refractivity contribution in [3.05, 3.63) is 28.5 Å². The zero-order valence-corrected chi connectivity index (χ0v) is 10.6. The molecule has 1 saturated heterocycles. The molecule has 1 atom stereocenters. The maximum atomic E-state index is 13.0. The minimum atomic E-state index is -0.444. The summed E-state index contributed by atoms with van der Waals surface area (Å²) >= 11 is 3.05. The molecule has 0 bridgehead atoms. The molecule has 17 heavy (non-hydrogen) atoms. The first-order chi connectivity index (χ1) is 8.06. The van der Waals surface area contributed by atoms with Crippen LogP contribution in [0.25, 0.3) is 0 Å². The molecule has 0 spiro atoms. The van der Waals surface area contributed by atoms with Crippen molar-refractivity contribution < 1.29 is 14.3 Å². The number of likely N-dealkylation sites (tertiary alicyclic amines) is 1. The Bertz CT molecular complexity index is 441. The van der Waals surface area contributed by atoms with Crippen LogP contribution in [-0.4, -0.2) is 35.2 Å². The predicted molar refractivity (Wildman–Crippen MR) is 65.3 cm³/mol. The van der Waals surface area contributed by atoms with Gasteiger partial charge < -0.3 is 15.3 Å². The van der Waals surface area contributed by atoms with Gasteiger partial charge in [-0.25, -0.2) is 9.18 Å². The number of carbonyl (C=O) groups excluding carboxylic acids is 1. The van der Waals surface area contributed by atoms with E-state index in [0.717, 1.165) is 0 Å². The molecule has 1 fully saturated rings. The second-order valence-corrected chi connectivity index (χ2v) is 4.80. The molecule has 2 N–H and O–H groups in total. The number of rotatable bonds is 1. The number of amides is 2. The Morgan fingerprint density at radius 2 is 2.35 bits per heavy atom. The minimum absolute atomic E-state index is 0.278. The molecule has 2 rings (SSSR count). The van der Waals surface area contributed by atoms with Gasteiger partial charge in [0.05, 0.1) is 10.6 Å². The molecule has 0 saturated carbocycles. The van der Waals surface area contributed by atoms with E-state index >= 15 is 0 Å². The molecule has 4 nitrogen and oxygen atoms in total. The number of hydrogen-bond donors (Lipinski definition) is 2. The normalized spacial score (nSPS) is 19.5. The molecule has 1 aliphatic heterocycles. The van der Waals surface area contributed by atoms with Gasteiger partial charge in [-0.15, -0.1) is 0 Å². The molecule has 0 radical (unpaired) electrons. The number of nitrogens with zero attached hydrogens (tertiary/aromatic N) is 1. The Balaban J connectivity index is 2.00. The van der Waals surface area contributed by atoms with Crippen LogP contribution < -0.4 is 5.32 Å². The number of nitrogens with one attached hydrogen (secondary N) is 1.